The lowest BCUT2D eigenvalue weighted by molar-refractivity contribution is -0.115. The van der Waals surface area contributed by atoms with E-state index in [4.69, 9.17) is 10.3 Å². The summed E-state index contributed by atoms with van der Waals surface area (Å²) >= 11 is 0. The fourth-order valence-electron chi connectivity index (χ4n) is 1.05. The minimum absolute atomic E-state index is 0.0269. The Balaban J connectivity index is 2.91. The van der Waals surface area contributed by atoms with E-state index >= 15 is 0 Å². The predicted molar refractivity (Wildman–Crippen MR) is 38.8 cm³/mol. The molecule has 1 aliphatic rings. The van der Waals surface area contributed by atoms with Crippen LogP contribution >= 0.6 is 0 Å². The molecule has 0 heterocycles. The standard InChI is InChI=1S/C7H9NO3/c9-6-2-1-3-7(10)5(6)4-8-11/h4,9,11H,1-3H2. The van der Waals surface area contributed by atoms with E-state index < -0.39 is 0 Å². The van der Waals surface area contributed by atoms with Gasteiger partial charge < -0.3 is 10.3 Å². The summed E-state index contributed by atoms with van der Waals surface area (Å²) in [6.07, 6.45) is 2.57. The van der Waals surface area contributed by atoms with Gasteiger partial charge in [0.1, 0.15) is 5.76 Å². The van der Waals surface area contributed by atoms with Crippen LogP contribution in [0.15, 0.2) is 16.5 Å². The molecule has 4 heteroatoms. The Morgan fingerprint density at radius 2 is 2.18 bits per heavy atom. The van der Waals surface area contributed by atoms with Crippen molar-refractivity contribution in [2.75, 3.05) is 0 Å². The fourth-order valence-corrected chi connectivity index (χ4v) is 1.05. The molecule has 0 aromatic carbocycles. The zero-order valence-corrected chi connectivity index (χ0v) is 5.95. The van der Waals surface area contributed by atoms with Crippen molar-refractivity contribution < 1.29 is 15.1 Å². The van der Waals surface area contributed by atoms with Crippen LogP contribution in [0.25, 0.3) is 0 Å². The summed E-state index contributed by atoms with van der Waals surface area (Å²) in [6, 6.07) is 0. The Morgan fingerprint density at radius 3 is 2.73 bits per heavy atom. The molecule has 0 aromatic heterocycles. The van der Waals surface area contributed by atoms with Gasteiger partial charge in [-0.15, -0.1) is 0 Å². The van der Waals surface area contributed by atoms with Crippen molar-refractivity contribution in [3.63, 3.8) is 0 Å². The zero-order chi connectivity index (χ0) is 8.27. The smallest absolute Gasteiger partial charge is 0.167 e. The highest BCUT2D eigenvalue weighted by molar-refractivity contribution is 6.14. The van der Waals surface area contributed by atoms with Crippen LogP contribution < -0.4 is 0 Å². The Hall–Kier alpha value is -1.32. The van der Waals surface area contributed by atoms with Crippen LogP contribution in [0.3, 0.4) is 0 Å². The molecule has 0 unspecified atom stereocenters. The second-order valence-electron chi connectivity index (χ2n) is 2.38. The van der Waals surface area contributed by atoms with E-state index in [0.717, 1.165) is 6.21 Å². The lowest BCUT2D eigenvalue weighted by atomic mass is 9.97. The number of rotatable bonds is 1. The van der Waals surface area contributed by atoms with Crippen molar-refractivity contribution >= 4 is 12.0 Å². The highest BCUT2D eigenvalue weighted by Gasteiger charge is 2.18. The van der Waals surface area contributed by atoms with Crippen molar-refractivity contribution in [2.45, 2.75) is 19.3 Å². The van der Waals surface area contributed by atoms with Crippen molar-refractivity contribution in [1.29, 1.82) is 0 Å². The van der Waals surface area contributed by atoms with Crippen LogP contribution in [0.4, 0.5) is 0 Å². The molecule has 0 aromatic rings. The lowest BCUT2D eigenvalue weighted by Gasteiger charge is -2.10. The Kier molecular flexibility index (Phi) is 2.25. The molecule has 60 valence electrons. The number of aliphatic hydroxyl groups is 1. The summed E-state index contributed by atoms with van der Waals surface area (Å²) < 4.78 is 0. The number of hydrogen-bond donors (Lipinski definition) is 2. The summed E-state index contributed by atoms with van der Waals surface area (Å²) in [5, 5.41) is 19.9. The molecule has 0 saturated heterocycles. The van der Waals surface area contributed by atoms with Crippen molar-refractivity contribution in [1.82, 2.24) is 0 Å². The van der Waals surface area contributed by atoms with Gasteiger partial charge in [0.05, 0.1) is 11.8 Å². The Labute approximate surface area is 63.8 Å². The van der Waals surface area contributed by atoms with Crippen LogP contribution in [0.2, 0.25) is 0 Å². The molecule has 11 heavy (non-hydrogen) atoms. The maximum absolute atomic E-state index is 11.0. The largest absolute Gasteiger partial charge is 0.512 e. The quantitative estimate of drug-likeness (QED) is 0.337. The number of aliphatic hydroxyl groups excluding tert-OH is 1. The topological polar surface area (TPSA) is 69.9 Å². The molecule has 0 spiro atoms. The molecular formula is C7H9NO3. The first-order valence-electron chi connectivity index (χ1n) is 3.38. The molecule has 0 aliphatic heterocycles. The molecule has 0 bridgehead atoms. The third-order valence-corrected chi connectivity index (χ3v) is 1.62. The monoisotopic (exact) mass is 155 g/mol. The van der Waals surface area contributed by atoms with Gasteiger partial charge in [0.25, 0.3) is 0 Å². The van der Waals surface area contributed by atoms with Gasteiger partial charge in [-0.2, -0.15) is 0 Å². The summed E-state index contributed by atoms with van der Waals surface area (Å²) in [4.78, 5) is 11.0. The van der Waals surface area contributed by atoms with E-state index in [2.05, 4.69) is 5.16 Å². The van der Waals surface area contributed by atoms with Crippen molar-refractivity contribution in [3.05, 3.63) is 11.3 Å². The maximum Gasteiger partial charge on any atom is 0.167 e. The van der Waals surface area contributed by atoms with E-state index in [1.54, 1.807) is 0 Å². The number of ketones is 1. The molecule has 0 radical (unpaired) electrons. The molecule has 1 rings (SSSR count). The molecule has 2 N–H and O–H groups in total. The van der Waals surface area contributed by atoms with Gasteiger partial charge in [-0.25, -0.2) is 0 Å². The van der Waals surface area contributed by atoms with Gasteiger partial charge >= 0.3 is 0 Å². The molecule has 0 atom stereocenters. The highest BCUT2D eigenvalue weighted by Crippen LogP contribution is 2.18. The fraction of sp³-hybridized carbons (Fsp3) is 0.429. The van der Waals surface area contributed by atoms with Crippen LogP contribution in [-0.2, 0) is 4.79 Å². The zero-order valence-electron chi connectivity index (χ0n) is 5.95. The Morgan fingerprint density at radius 1 is 1.45 bits per heavy atom. The molecule has 0 saturated carbocycles. The highest BCUT2D eigenvalue weighted by atomic mass is 16.4. The van der Waals surface area contributed by atoms with E-state index in [9.17, 15) is 4.79 Å². The van der Waals surface area contributed by atoms with Gasteiger partial charge in [-0.1, -0.05) is 5.16 Å². The third-order valence-electron chi connectivity index (χ3n) is 1.62. The normalized spacial score (nSPS) is 19.8. The molecule has 0 amide bonds. The number of hydrogen-bond acceptors (Lipinski definition) is 4. The third kappa shape index (κ3) is 1.58. The van der Waals surface area contributed by atoms with E-state index in [-0.39, 0.29) is 17.1 Å². The number of carbonyl (C=O) groups excluding carboxylic acids is 1. The first-order valence-corrected chi connectivity index (χ1v) is 3.38. The average molecular weight is 155 g/mol. The SMILES string of the molecule is O=C1CCCC(O)=C1C=NO. The number of Topliss-reactive ketones (excluding diaryl/α,β-unsaturated/α-hetero) is 1. The second-order valence-corrected chi connectivity index (χ2v) is 2.38. The summed E-state index contributed by atoms with van der Waals surface area (Å²) in [5.41, 5.74) is 0.138. The van der Waals surface area contributed by atoms with Crippen LogP contribution in [0.1, 0.15) is 19.3 Å². The van der Waals surface area contributed by atoms with E-state index in [1.165, 1.54) is 0 Å². The predicted octanol–water partition coefficient (Wildman–Crippen LogP) is 1.01. The minimum atomic E-state index is -0.161. The van der Waals surface area contributed by atoms with Crippen molar-refractivity contribution in [3.8, 4) is 0 Å². The lowest BCUT2D eigenvalue weighted by Crippen LogP contribution is -2.12. The molecule has 4 nitrogen and oxygen atoms in total. The van der Waals surface area contributed by atoms with Crippen LogP contribution in [0, 0.1) is 0 Å². The Bertz CT molecular complexity index is 230. The molecular weight excluding hydrogens is 146 g/mol. The summed E-state index contributed by atoms with van der Waals surface area (Å²) in [7, 11) is 0. The summed E-state index contributed by atoms with van der Waals surface area (Å²) in [6.45, 7) is 0. The summed E-state index contributed by atoms with van der Waals surface area (Å²) in [5.74, 6) is -0.134. The number of oxime groups is 1. The van der Waals surface area contributed by atoms with Gasteiger partial charge in [0.2, 0.25) is 0 Å². The van der Waals surface area contributed by atoms with Crippen LogP contribution in [-0.4, -0.2) is 22.3 Å². The van der Waals surface area contributed by atoms with Gasteiger partial charge in [-0.3, -0.25) is 4.79 Å². The number of nitrogens with zero attached hydrogens (tertiary/aromatic N) is 1. The average Bonchev–Trinajstić information content (AvgIpc) is 1.97. The van der Waals surface area contributed by atoms with Crippen LogP contribution in [0.5, 0.6) is 0 Å². The first-order chi connectivity index (χ1) is 5.25. The number of carbonyl (C=O) groups is 1. The maximum atomic E-state index is 11.0. The molecule has 0 fully saturated rings. The van der Waals surface area contributed by atoms with Gasteiger partial charge in [-0.05, 0) is 6.42 Å². The van der Waals surface area contributed by atoms with E-state index in [0.29, 0.717) is 19.3 Å². The second kappa shape index (κ2) is 3.18. The minimum Gasteiger partial charge on any atom is -0.512 e. The van der Waals surface area contributed by atoms with Gasteiger partial charge in [0, 0.05) is 12.8 Å². The first kappa shape index (κ1) is 7.78. The van der Waals surface area contributed by atoms with E-state index in [1.807, 2.05) is 0 Å². The molecule has 1 aliphatic carbocycles. The van der Waals surface area contributed by atoms with Crippen molar-refractivity contribution in [2.24, 2.45) is 5.16 Å². The number of allylic oxidation sites excluding steroid dienone is 2. The van der Waals surface area contributed by atoms with Gasteiger partial charge in [0.15, 0.2) is 5.78 Å².